The predicted octanol–water partition coefficient (Wildman–Crippen LogP) is 6.39. The first-order valence-electron chi connectivity index (χ1n) is 17.9. The summed E-state index contributed by atoms with van der Waals surface area (Å²) in [6.45, 7) is 5.28. The number of Topliss-reactive ketones (excluding diaryl/α,β-unsaturated/α-hetero) is 1. The van der Waals surface area contributed by atoms with Crippen LogP contribution in [-0.4, -0.2) is 98.2 Å². The molecule has 2 heterocycles. The molecule has 52 heavy (non-hydrogen) atoms. The summed E-state index contributed by atoms with van der Waals surface area (Å²) in [5.41, 5.74) is 2.99. The molecular formula is C40H49FN4O7. The van der Waals surface area contributed by atoms with E-state index < -0.39 is 0 Å². The van der Waals surface area contributed by atoms with E-state index in [0.29, 0.717) is 67.6 Å². The topological polar surface area (TPSA) is 112 Å². The first-order chi connectivity index (χ1) is 25.2. The van der Waals surface area contributed by atoms with Crippen molar-refractivity contribution in [2.45, 2.75) is 51.5 Å². The van der Waals surface area contributed by atoms with E-state index in [1.807, 2.05) is 28.8 Å². The summed E-state index contributed by atoms with van der Waals surface area (Å²) in [7, 11) is 6.28. The highest BCUT2D eigenvalue weighted by Gasteiger charge is 2.30. The number of aryl methyl sites for hydroxylation is 1. The van der Waals surface area contributed by atoms with E-state index in [1.54, 1.807) is 43.1 Å². The Bertz CT molecular complexity index is 1810. The van der Waals surface area contributed by atoms with Gasteiger partial charge in [0, 0.05) is 44.0 Å². The predicted molar refractivity (Wildman–Crippen MR) is 196 cm³/mol. The number of imidazole rings is 1. The molecule has 0 spiro atoms. The van der Waals surface area contributed by atoms with E-state index in [9.17, 15) is 18.8 Å². The summed E-state index contributed by atoms with van der Waals surface area (Å²) in [6, 6.07) is 17.4. The van der Waals surface area contributed by atoms with E-state index in [2.05, 4.69) is 4.90 Å². The first kappa shape index (κ1) is 38.3. The Kier molecular flexibility index (Phi) is 13.2. The van der Waals surface area contributed by atoms with Crippen LogP contribution < -0.4 is 14.2 Å². The van der Waals surface area contributed by atoms with Crippen molar-refractivity contribution in [2.75, 3.05) is 61.2 Å². The molecule has 1 aliphatic rings. The second kappa shape index (κ2) is 18.0. The third-order valence-corrected chi connectivity index (χ3v) is 9.79. The van der Waals surface area contributed by atoms with E-state index in [1.165, 1.54) is 33.5 Å². The van der Waals surface area contributed by atoms with Crippen molar-refractivity contribution in [2.24, 2.45) is 5.92 Å². The smallest absolute Gasteiger partial charge is 0.305 e. The number of ketones is 1. The molecule has 1 aliphatic heterocycles. The van der Waals surface area contributed by atoms with Gasteiger partial charge in [0.15, 0.2) is 17.3 Å². The van der Waals surface area contributed by atoms with Crippen molar-refractivity contribution in [3.63, 3.8) is 0 Å². The van der Waals surface area contributed by atoms with E-state index in [-0.39, 0.29) is 41.7 Å². The summed E-state index contributed by atoms with van der Waals surface area (Å²) in [5, 5.41) is 0. The first-order valence-corrected chi connectivity index (χ1v) is 17.9. The lowest BCUT2D eigenvalue weighted by Gasteiger charge is -2.33. The number of hydrogen-bond acceptors (Lipinski definition) is 9. The quantitative estimate of drug-likeness (QED) is 0.0907. The number of carbonyl (C=O) groups excluding carboxylic acids is 3. The number of rotatable bonds is 17. The number of hydrogen-bond donors (Lipinski definition) is 0. The molecule has 5 rings (SSSR count). The molecule has 1 saturated heterocycles. The summed E-state index contributed by atoms with van der Waals surface area (Å²) < 4.78 is 37.3. The third kappa shape index (κ3) is 9.08. The Labute approximate surface area is 304 Å². The average molecular weight is 717 g/mol. The van der Waals surface area contributed by atoms with Crippen molar-refractivity contribution in [1.29, 1.82) is 0 Å². The van der Waals surface area contributed by atoms with Crippen molar-refractivity contribution < 1.29 is 37.7 Å². The third-order valence-electron chi connectivity index (χ3n) is 9.79. The number of halogens is 1. The van der Waals surface area contributed by atoms with Crippen LogP contribution in [0.5, 0.6) is 17.2 Å². The highest BCUT2D eigenvalue weighted by Crippen LogP contribution is 2.38. The molecule has 0 radical (unpaired) electrons. The van der Waals surface area contributed by atoms with Gasteiger partial charge in [0.05, 0.1) is 39.0 Å². The molecule has 1 aromatic heterocycles. The van der Waals surface area contributed by atoms with Crippen molar-refractivity contribution >= 4 is 28.7 Å². The van der Waals surface area contributed by atoms with Gasteiger partial charge in [0.25, 0.3) is 5.91 Å². The lowest BCUT2D eigenvalue weighted by Crippen LogP contribution is -2.38. The fraction of sp³-hybridized carbons (Fsp3) is 0.450. The number of methoxy groups -OCH3 is 3. The Morgan fingerprint density at radius 2 is 1.62 bits per heavy atom. The molecule has 1 amide bonds. The number of benzene rings is 3. The van der Waals surface area contributed by atoms with Crippen LogP contribution in [0.1, 0.15) is 71.5 Å². The van der Waals surface area contributed by atoms with Crippen LogP contribution in [0.4, 0.5) is 4.39 Å². The van der Waals surface area contributed by atoms with Crippen molar-refractivity contribution in [1.82, 2.24) is 19.4 Å². The van der Waals surface area contributed by atoms with Gasteiger partial charge in [-0.3, -0.25) is 14.4 Å². The zero-order valence-corrected chi connectivity index (χ0v) is 30.7. The van der Waals surface area contributed by atoms with Gasteiger partial charge in [0.1, 0.15) is 5.82 Å². The molecule has 1 fully saturated rings. The molecule has 278 valence electrons. The SMILES string of the molecule is CCOC(=O)CCCn1c(C(=O)C2CCN(CCC(CN(C)C(=O)c3cc(OC)c(OC)c(OC)c3)c3ccc(F)cc3)CC2)nc2ccccc21. The zero-order chi connectivity index (χ0) is 37.2. The second-order valence-corrected chi connectivity index (χ2v) is 13.1. The number of nitrogens with zero attached hydrogens (tertiary/aromatic N) is 4. The van der Waals surface area contributed by atoms with Crippen LogP contribution in [0, 0.1) is 11.7 Å². The number of esters is 1. The summed E-state index contributed by atoms with van der Waals surface area (Å²) in [6.07, 6.45) is 2.96. The highest BCUT2D eigenvalue weighted by atomic mass is 19.1. The largest absolute Gasteiger partial charge is 0.493 e. The van der Waals surface area contributed by atoms with Crippen molar-refractivity contribution in [3.05, 3.63) is 83.4 Å². The number of likely N-dealkylation sites (tertiary alicyclic amines) is 1. The lowest BCUT2D eigenvalue weighted by molar-refractivity contribution is -0.143. The summed E-state index contributed by atoms with van der Waals surface area (Å²) in [4.78, 5) is 48.3. The monoisotopic (exact) mass is 716 g/mol. The second-order valence-electron chi connectivity index (χ2n) is 13.1. The molecule has 1 unspecified atom stereocenters. The lowest BCUT2D eigenvalue weighted by atomic mass is 9.90. The number of ether oxygens (including phenoxy) is 4. The van der Waals surface area contributed by atoms with Gasteiger partial charge >= 0.3 is 5.97 Å². The minimum atomic E-state index is -0.316. The van der Waals surface area contributed by atoms with Gasteiger partial charge in [-0.05, 0) is 94.2 Å². The fourth-order valence-electron chi connectivity index (χ4n) is 6.98. The van der Waals surface area contributed by atoms with Gasteiger partial charge in [-0.15, -0.1) is 0 Å². The standard InChI is InChI=1S/C40H49FN4O7/c1-6-52-36(46)12-9-20-45-33-11-8-7-10-32(33)42-39(45)37(47)28-17-21-44(22-18-28)23-19-29(27-13-15-31(41)16-14-27)26-43(2)40(48)30-24-34(49-3)38(51-5)35(25-30)50-4/h7-8,10-11,13-16,24-25,28-29H,6,9,12,17-23,26H2,1-5H3. The van der Waals surface area contributed by atoms with Crippen LogP contribution in [0.2, 0.25) is 0 Å². The normalized spacial score (nSPS) is 14.2. The minimum Gasteiger partial charge on any atom is -0.493 e. The highest BCUT2D eigenvalue weighted by molar-refractivity contribution is 5.98. The maximum Gasteiger partial charge on any atom is 0.305 e. The number of para-hydroxylation sites is 2. The Morgan fingerprint density at radius 1 is 0.942 bits per heavy atom. The molecule has 4 aromatic rings. The molecule has 0 saturated carbocycles. The summed E-state index contributed by atoms with van der Waals surface area (Å²) >= 11 is 0. The molecule has 3 aromatic carbocycles. The Morgan fingerprint density at radius 3 is 2.25 bits per heavy atom. The number of piperidine rings is 1. The molecule has 0 aliphatic carbocycles. The van der Waals surface area contributed by atoms with E-state index >= 15 is 0 Å². The molecule has 1 atom stereocenters. The van der Waals surface area contributed by atoms with Gasteiger partial charge < -0.3 is 33.3 Å². The number of carbonyl (C=O) groups is 3. The van der Waals surface area contributed by atoms with Gasteiger partial charge in [-0.1, -0.05) is 24.3 Å². The van der Waals surface area contributed by atoms with Crippen LogP contribution in [-0.2, 0) is 16.1 Å². The van der Waals surface area contributed by atoms with Gasteiger partial charge in [-0.25, -0.2) is 9.37 Å². The fourth-order valence-corrected chi connectivity index (χ4v) is 6.98. The van der Waals surface area contributed by atoms with Crippen LogP contribution in [0.15, 0.2) is 60.7 Å². The average Bonchev–Trinajstić information content (AvgIpc) is 3.54. The van der Waals surface area contributed by atoms with Gasteiger partial charge in [0.2, 0.25) is 11.5 Å². The number of fused-ring (bicyclic) bond motifs is 1. The van der Waals surface area contributed by atoms with Gasteiger partial charge in [-0.2, -0.15) is 0 Å². The number of amides is 1. The maximum atomic E-state index is 13.9. The van der Waals surface area contributed by atoms with E-state index in [0.717, 1.165) is 42.7 Å². The molecule has 11 nitrogen and oxygen atoms in total. The zero-order valence-electron chi connectivity index (χ0n) is 30.7. The minimum absolute atomic E-state index is 0.0307. The summed E-state index contributed by atoms with van der Waals surface area (Å²) in [5.74, 6) is 0.666. The van der Waals surface area contributed by atoms with E-state index in [4.69, 9.17) is 23.9 Å². The van der Waals surface area contributed by atoms with Crippen molar-refractivity contribution in [3.8, 4) is 17.2 Å². The van der Waals surface area contributed by atoms with Crippen LogP contribution in [0.3, 0.4) is 0 Å². The molecule has 12 heteroatoms. The molecule has 0 N–H and O–H groups in total. The van der Waals surface area contributed by atoms with Crippen LogP contribution in [0.25, 0.3) is 11.0 Å². The number of aromatic nitrogens is 2. The van der Waals surface area contributed by atoms with Crippen LogP contribution >= 0.6 is 0 Å². The number of likely N-dealkylation sites (N-methyl/N-ethyl adjacent to an activating group) is 1. The Hall–Kier alpha value is -4.97. The Balaban J connectivity index is 1.23. The molecular weight excluding hydrogens is 667 g/mol. The molecule has 0 bridgehead atoms. The maximum absolute atomic E-state index is 13.9.